The largest absolute Gasteiger partial charge is 0.282 e. The number of benzene rings is 1. The van der Waals surface area contributed by atoms with Crippen LogP contribution in [0.4, 0.5) is 4.39 Å². The van der Waals surface area contributed by atoms with E-state index in [0.717, 1.165) is 23.0 Å². The summed E-state index contributed by atoms with van der Waals surface area (Å²) in [5.41, 5.74) is 3.11. The summed E-state index contributed by atoms with van der Waals surface area (Å²) in [7, 11) is -3.63. The first kappa shape index (κ1) is 15.7. The topological polar surface area (TPSA) is 74.8 Å². The molecule has 0 saturated heterocycles. The van der Waals surface area contributed by atoms with E-state index in [-0.39, 0.29) is 11.4 Å². The number of aryl methyl sites for hydroxylation is 3. The van der Waals surface area contributed by atoms with Crippen LogP contribution in [-0.2, 0) is 16.4 Å². The van der Waals surface area contributed by atoms with Crippen LogP contribution in [0.25, 0.3) is 0 Å². The Hall–Kier alpha value is -1.73. The van der Waals surface area contributed by atoms with Crippen molar-refractivity contribution in [2.45, 2.75) is 32.1 Å². The molecule has 0 radical (unpaired) electrons. The quantitative estimate of drug-likeness (QED) is 0.887. The number of aromatic amines is 1. The molecule has 1 aromatic heterocycles. The maximum atomic E-state index is 13.2. The highest BCUT2D eigenvalue weighted by atomic mass is 32.2. The van der Waals surface area contributed by atoms with Crippen molar-refractivity contribution in [1.82, 2.24) is 14.9 Å². The third-order valence-electron chi connectivity index (χ3n) is 3.39. The Morgan fingerprint density at radius 3 is 2.57 bits per heavy atom. The van der Waals surface area contributed by atoms with Crippen LogP contribution in [0.2, 0.25) is 0 Å². The van der Waals surface area contributed by atoms with E-state index in [0.29, 0.717) is 12.0 Å². The number of H-pyrrole nitrogens is 1. The average molecular weight is 311 g/mol. The van der Waals surface area contributed by atoms with Gasteiger partial charge in [-0.25, -0.2) is 17.5 Å². The summed E-state index contributed by atoms with van der Waals surface area (Å²) in [6.07, 6.45) is 0.549. The molecule has 0 saturated carbocycles. The lowest BCUT2D eigenvalue weighted by Crippen LogP contribution is -2.26. The molecule has 5 nitrogen and oxygen atoms in total. The van der Waals surface area contributed by atoms with Gasteiger partial charge in [0, 0.05) is 12.2 Å². The molecule has 0 aliphatic rings. The number of sulfonamides is 1. The average Bonchev–Trinajstić information content (AvgIpc) is 2.73. The minimum atomic E-state index is -3.63. The molecule has 21 heavy (non-hydrogen) atoms. The normalized spacial score (nSPS) is 11.8. The maximum absolute atomic E-state index is 13.2. The number of rotatable bonds is 5. The van der Waals surface area contributed by atoms with Gasteiger partial charge in [0.15, 0.2) is 0 Å². The smallest absolute Gasteiger partial charge is 0.240 e. The highest BCUT2D eigenvalue weighted by Crippen LogP contribution is 2.14. The van der Waals surface area contributed by atoms with Gasteiger partial charge in [-0.2, -0.15) is 5.10 Å². The monoisotopic (exact) mass is 311 g/mol. The first-order chi connectivity index (χ1) is 9.81. The van der Waals surface area contributed by atoms with Gasteiger partial charge < -0.3 is 0 Å². The van der Waals surface area contributed by atoms with Gasteiger partial charge in [-0.3, -0.25) is 5.10 Å². The zero-order valence-corrected chi connectivity index (χ0v) is 13.0. The minimum Gasteiger partial charge on any atom is -0.282 e. The molecule has 0 aliphatic carbocycles. The number of hydrogen-bond acceptors (Lipinski definition) is 3. The van der Waals surface area contributed by atoms with Crippen molar-refractivity contribution < 1.29 is 12.8 Å². The van der Waals surface area contributed by atoms with E-state index in [1.165, 1.54) is 19.1 Å². The van der Waals surface area contributed by atoms with Gasteiger partial charge in [0.05, 0.1) is 10.6 Å². The summed E-state index contributed by atoms with van der Waals surface area (Å²) >= 11 is 0. The van der Waals surface area contributed by atoms with Crippen molar-refractivity contribution in [2.75, 3.05) is 6.54 Å². The summed E-state index contributed by atoms with van der Waals surface area (Å²) in [6, 6.07) is 3.75. The Labute approximate surface area is 123 Å². The Morgan fingerprint density at radius 1 is 1.29 bits per heavy atom. The van der Waals surface area contributed by atoms with Gasteiger partial charge >= 0.3 is 0 Å². The highest BCUT2D eigenvalue weighted by molar-refractivity contribution is 7.89. The Balaban J connectivity index is 2.06. The molecule has 2 N–H and O–H groups in total. The van der Waals surface area contributed by atoms with Crippen LogP contribution in [-0.4, -0.2) is 25.2 Å². The van der Waals surface area contributed by atoms with Gasteiger partial charge in [-0.15, -0.1) is 0 Å². The first-order valence-corrected chi connectivity index (χ1v) is 8.06. The highest BCUT2D eigenvalue weighted by Gasteiger charge is 2.15. The molecule has 0 unspecified atom stereocenters. The fraction of sp³-hybridized carbons (Fsp3) is 0.357. The molecule has 0 bridgehead atoms. The molecule has 2 aromatic rings. The third kappa shape index (κ3) is 3.48. The summed E-state index contributed by atoms with van der Waals surface area (Å²) in [5, 5.41) is 6.93. The van der Waals surface area contributed by atoms with Gasteiger partial charge in [-0.05, 0) is 56.5 Å². The van der Waals surface area contributed by atoms with Crippen molar-refractivity contribution in [3.05, 3.63) is 46.5 Å². The molecule has 114 valence electrons. The van der Waals surface area contributed by atoms with E-state index < -0.39 is 15.8 Å². The van der Waals surface area contributed by atoms with Crippen LogP contribution in [0.5, 0.6) is 0 Å². The number of aromatic nitrogens is 2. The van der Waals surface area contributed by atoms with Gasteiger partial charge in [0.2, 0.25) is 10.0 Å². The third-order valence-corrected chi connectivity index (χ3v) is 4.85. The maximum Gasteiger partial charge on any atom is 0.240 e. The lowest BCUT2D eigenvalue weighted by molar-refractivity contribution is 0.580. The lowest BCUT2D eigenvalue weighted by Gasteiger charge is -2.08. The van der Waals surface area contributed by atoms with Crippen molar-refractivity contribution in [3.63, 3.8) is 0 Å². The molecule has 2 rings (SSSR count). The zero-order chi connectivity index (χ0) is 15.6. The number of nitrogens with zero attached hydrogens (tertiary/aromatic N) is 1. The van der Waals surface area contributed by atoms with Crippen LogP contribution in [0, 0.1) is 26.6 Å². The molecule has 0 fully saturated rings. The van der Waals surface area contributed by atoms with Crippen LogP contribution in [0.3, 0.4) is 0 Å². The second-order valence-corrected chi connectivity index (χ2v) is 6.74. The predicted molar refractivity (Wildman–Crippen MR) is 78.1 cm³/mol. The molecular weight excluding hydrogens is 293 g/mol. The second kappa shape index (κ2) is 5.95. The number of nitrogens with one attached hydrogen (secondary N) is 2. The van der Waals surface area contributed by atoms with E-state index in [2.05, 4.69) is 14.9 Å². The van der Waals surface area contributed by atoms with Crippen LogP contribution < -0.4 is 4.72 Å². The Bertz CT molecular complexity index is 734. The molecule has 1 heterocycles. The van der Waals surface area contributed by atoms with Crippen LogP contribution >= 0.6 is 0 Å². The standard InChI is InChI=1S/C14H18FN3O2S/c1-9-8-12(4-5-14(9)15)21(19,20)16-7-6-13-10(2)17-18-11(13)3/h4-5,8,16H,6-7H2,1-3H3,(H,17,18). The molecule has 7 heteroatoms. The van der Waals surface area contributed by atoms with Gasteiger partial charge in [0.25, 0.3) is 0 Å². The zero-order valence-electron chi connectivity index (χ0n) is 12.2. The SMILES string of the molecule is Cc1cc(S(=O)(=O)NCCc2c(C)n[nH]c2C)ccc1F. The summed E-state index contributed by atoms with van der Waals surface area (Å²) in [6.45, 7) is 5.57. The van der Waals surface area contributed by atoms with Crippen LogP contribution in [0.15, 0.2) is 23.1 Å². The van der Waals surface area contributed by atoms with Gasteiger partial charge in [-0.1, -0.05) is 0 Å². The van der Waals surface area contributed by atoms with E-state index in [1.807, 2.05) is 13.8 Å². The van der Waals surface area contributed by atoms with E-state index in [4.69, 9.17) is 0 Å². The van der Waals surface area contributed by atoms with Crippen LogP contribution in [0.1, 0.15) is 22.5 Å². The van der Waals surface area contributed by atoms with Crippen molar-refractivity contribution >= 4 is 10.0 Å². The second-order valence-electron chi connectivity index (χ2n) is 4.97. The van der Waals surface area contributed by atoms with Crippen molar-refractivity contribution in [2.24, 2.45) is 0 Å². The number of halogens is 1. The fourth-order valence-electron chi connectivity index (χ4n) is 2.12. The Morgan fingerprint density at radius 2 is 2.00 bits per heavy atom. The lowest BCUT2D eigenvalue weighted by atomic mass is 10.1. The number of hydrogen-bond donors (Lipinski definition) is 2. The van der Waals surface area contributed by atoms with Crippen molar-refractivity contribution in [3.8, 4) is 0 Å². The van der Waals surface area contributed by atoms with Gasteiger partial charge in [0.1, 0.15) is 5.82 Å². The van der Waals surface area contributed by atoms with E-state index in [9.17, 15) is 12.8 Å². The molecule has 0 aliphatic heterocycles. The van der Waals surface area contributed by atoms with E-state index in [1.54, 1.807) is 0 Å². The summed E-state index contributed by atoms with van der Waals surface area (Å²) < 4.78 is 40.0. The molecule has 0 amide bonds. The summed E-state index contributed by atoms with van der Waals surface area (Å²) in [4.78, 5) is 0.0713. The summed E-state index contributed by atoms with van der Waals surface area (Å²) in [5.74, 6) is -0.418. The van der Waals surface area contributed by atoms with Crippen molar-refractivity contribution in [1.29, 1.82) is 0 Å². The Kier molecular flexibility index (Phi) is 4.43. The molecular formula is C14H18FN3O2S. The predicted octanol–water partition coefficient (Wildman–Crippen LogP) is 2.00. The van der Waals surface area contributed by atoms with E-state index >= 15 is 0 Å². The minimum absolute atomic E-state index is 0.0713. The molecule has 1 aromatic carbocycles. The fourth-order valence-corrected chi connectivity index (χ4v) is 3.24. The molecule has 0 atom stereocenters. The molecule has 0 spiro atoms. The first-order valence-electron chi connectivity index (χ1n) is 6.57.